The van der Waals surface area contributed by atoms with E-state index >= 15 is 0 Å². The third-order valence-corrected chi connectivity index (χ3v) is 3.13. The van der Waals surface area contributed by atoms with Crippen LogP contribution in [0.2, 0.25) is 5.32 Å². The van der Waals surface area contributed by atoms with Gasteiger partial charge in [-0.1, -0.05) is 0 Å². The molecule has 0 saturated carbocycles. The standard InChI is InChI=1S/C7H13ClSe/c1-3-5-6-7(8)9-4-2/h6H,3-5H2,1-2H3/b7-6+. The van der Waals surface area contributed by atoms with Gasteiger partial charge >= 0.3 is 68.6 Å². The quantitative estimate of drug-likeness (QED) is 0.627. The molecule has 0 spiro atoms. The Morgan fingerprint density at radius 2 is 2.22 bits per heavy atom. The second-order valence-corrected chi connectivity index (χ2v) is 5.39. The normalized spacial score (nSPS) is 12.1. The molecule has 0 fully saturated rings. The summed E-state index contributed by atoms with van der Waals surface area (Å²) in [6, 6.07) is 0. The van der Waals surface area contributed by atoms with E-state index in [-0.39, 0.29) is 0 Å². The molecule has 0 rings (SSSR count). The molecule has 0 radical (unpaired) electrons. The molecule has 0 aromatic rings. The number of hydrogen-bond donors (Lipinski definition) is 0. The van der Waals surface area contributed by atoms with Crippen molar-refractivity contribution in [1.82, 2.24) is 0 Å². The summed E-state index contributed by atoms with van der Waals surface area (Å²) < 4.78 is 1.09. The molecular formula is C7H13ClSe. The second-order valence-electron chi connectivity index (χ2n) is 1.73. The van der Waals surface area contributed by atoms with Crippen molar-refractivity contribution in [3.05, 3.63) is 10.0 Å². The van der Waals surface area contributed by atoms with Crippen LogP contribution >= 0.6 is 11.6 Å². The molecule has 0 aromatic carbocycles. The van der Waals surface area contributed by atoms with Crippen molar-refractivity contribution >= 4 is 26.6 Å². The minimum absolute atomic E-state index is 0.552. The minimum atomic E-state index is 0.552. The number of halogens is 1. The first-order valence-corrected chi connectivity index (χ1v) is 5.74. The van der Waals surface area contributed by atoms with Crippen molar-refractivity contribution in [1.29, 1.82) is 0 Å². The number of unbranched alkanes of at least 4 members (excludes halogenated alkanes) is 1. The van der Waals surface area contributed by atoms with Crippen molar-refractivity contribution in [2.24, 2.45) is 0 Å². The molecule has 0 aliphatic rings. The molecular weight excluding hydrogens is 198 g/mol. The molecule has 0 atom stereocenters. The fourth-order valence-corrected chi connectivity index (χ4v) is 2.20. The molecule has 0 aliphatic heterocycles. The van der Waals surface area contributed by atoms with E-state index in [0.717, 1.165) is 10.4 Å². The zero-order chi connectivity index (χ0) is 7.11. The van der Waals surface area contributed by atoms with E-state index in [2.05, 4.69) is 19.9 Å². The van der Waals surface area contributed by atoms with Gasteiger partial charge in [0.25, 0.3) is 0 Å². The molecule has 0 heterocycles. The van der Waals surface area contributed by atoms with Crippen LogP contribution in [0, 0.1) is 0 Å². The zero-order valence-corrected chi connectivity index (χ0v) is 8.45. The van der Waals surface area contributed by atoms with Crippen molar-refractivity contribution in [3.63, 3.8) is 0 Å². The average Bonchev–Trinajstić information content (AvgIpc) is 1.85. The summed E-state index contributed by atoms with van der Waals surface area (Å²) in [5, 5.41) is 1.21. The Bertz CT molecular complexity index is 88.9. The average molecular weight is 212 g/mol. The van der Waals surface area contributed by atoms with Crippen LogP contribution in [-0.4, -0.2) is 15.0 Å². The third-order valence-electron chi connectivity index (χ3n) is 0.876. The molecule has 0 unspecified atom stereocenters. The summed E-state index contributed by atoms with van der Waals surface area (Å²) in [5.41, 5.74) is 0. The molecule has 0 nitrogen and oxygen atoms in total. The molecule has 0 amide bonds. The van der Waals surface area contributed by atoms with E-state index in [0.29, 0.717) is 15.0 Å². The van der Waals surface area contributed by atoms with Gasteiger partial charge in [-0.3, -0.25) is 0 Å². The Kier molecular flexibility index (Phi) is 7.07. The van der Waals surface area contributed by atoms with Gasteiger partial charge in [0.15, 0.2) is 0 Å². The topological polar surface area (TPSA) is 0 Å². The zero-order valence-electron chi connectivity index (χ0n) is 5.98. The van der Waals surface area contributed by atoms with E-state index in [1.54, 1.807) is 0 Å². The maximum absolute atomic E-state index is 5.85. The van der Waals surface area contributed by atoms with Crippen LogP contribution in [0.5, 0.6) is 0 Å². The van der Waals surface area contributed by atoms with Gasteiger partial charge in [0.05, 0.1) is 0 Å². The van der Waals surface area contributed by atoms with Crippen LogP contribution in [0.4, 0.5) is 0 Å². The molecule has 0 aliphatic carbocycles. The van der Waals surface area contributed by atoms with Gasteiger partial charge in [0.1, 0.15) is 0 Å². The summed E-state index contributed by atoms with van der Waals surface area (Å²) in [6.07, 6.45) is 4.49. The molecule has 0 aromatic heterocycles. The Morgan fingerprint density at radius 1 is 1.56 bits per heavy atom. The fraction of sp³-hybridized carbons (Fsp3) is 0.714. The fourth-order valence-electron chi connectivity index (χ4n) is 0.455. The van der Waals surface area contributed by atoms with Crippen LogP contribution in [-0.2, 0) is 0 Å². The van der Waals surface area contributed by atoms with Crippen LogP contribution in [0.25, 0.3) is 0 Å². The van der Waals surface area contributed by atoms with Crippen LogP contribution in [0.3, 0.4) is 0 Å². The Hall–Kier alpha value is 0.549. The molecule has 9 heavy (non-hydrogen) atoms. The van der Waals surface area contributed by atoms with Gasteiger partial charge in [0.2, 0.25) is 0 Å². The summed E-state index contributed by atoms with van der Waals surface area (Å²) in [7, 11) is 0. The Labute approximate surface area is 68.8 Å². The van der Waals surface area contributed by atoms with E-state index in [4.69, 9.17) is 11.6 Å². The molecule has 2 heteroatoms. The van der Waals surface area contributed by atoms with E-state index in [1.807, 2.05) is 0 Å². The molecule has 54 valence electrons. The number of rotatable bonds is 4. The van der Waals surface area contributed by atoms with Crippen LogP contribution in [0.15, 0.2) is 10.0 Å². The van der Waals surface area contributed by atoms with Gasteiger partial charge in [-0.15, -0.1) is 0 Å². The molecule has 0 N–H and O–H groups in total. The summed E-state index contributed by atoms with van der Waals surface area (Å²) in [4.78, 5) is 0. The first-order valence-electron chi connectivity index (χ1n) is 3.29. The predicted octanol–water partition coefficient (Wildman–Crippen LogP) is 3.01. The number of allylic oxidation sites excluding steroid dienone is 1. The maximum atomic E-state index is 5.85. The van der Waals surface area contributed by atoms with Crippen molar-refractivity contribution < 1.29 is 0 Å². The summed E-state index contributed by atoms with van der Waals surface area (Å²) in [6.45, 7) is 4.34. The molecule has 0 bridgehead atoms. The van der Waals surface area contributed by atoms with Gasteiger partial charge in [0, 0.05) is 0 Å². The van der Waals surface area contributed by atoms with E-state index in [9.17, 15) is 0 Å². The number of hydrogen-bond acceptors (Lipinski definition) is 0. The van der Waals surface area contributed by atoms with Crippen LogP contribution < -0.4 is 0 Å². The predicted molar refractivity (Wildman–Crippen MR) is 45.1 cm³/mol. The van der Waals surface area contributed by atoms with Crippen molar-refractivity contribution in [2.75, 3.05) is 0 Å². The van der Waals surface area contributed by atoms with Crippen molar-refractivity contribution in [3.8, 4) is 0 Å². The van der Waals surface area contributed by atoms with E-state index < -0.39 is 0 Å². The molecule has 0 saturated heterocycles. The second kappa shape index (κ2) is 6.67. The third kappa shape index (κ3) is 6.43. The van der Waals surface area contributed by atoms with Gasteiger partial charge in [-0.05, 0) is 0 Å². The first kappa shape index (κ1) is 9.55. The Morgan fingerprint density at radius 3 is 2.67 bits per heavy atom. The summed E-state index contributed by atoms with van der Waals surface area (Å²) in [5.74, 6) is 0. The van der Waals surface area contributed by atoms with E-state index in [1.165, 1.54) is 11.7 Å². The first-order chi connectivity index (χ1) is 4.31. The van der Waals surface area contributed by atoms with Gasteiger partial charge < -0.3 is 0 Å². The van der Waals surface area contributed by atoms with Gasteiger partial charge in [-0.2, -0.15) is 0 Å². The van der Waals surface area contributed by atoms with Crippen molar-refractivity contribution in [2.45, 2.75) is 32.0 Å². The van der Waals surface area contributed by atoms with Crippen LogP contribution in [0.1, 0.15) is 26.7 Å². The SMILES string of the molecule is CCC/C=C(\Cl)[Se]CC. The summed E-state index contributed by atoms with van der Waals surface area (Å²) >= 11 is 6.40. The Balaban J connectivity index is 3.30. The van der Waals surface area contributed by atoms with Gasteiger partial charge in [-0.25, -0.2) is 0 Å². The monoisotopic (exact) mass is 212 g/mol.